The normalized spacial score (nSPS) is 10.5. The molecule has 0 amide bonds. The molecule has 0 bridgehead atoms. The van der Waals surface area contributed by atoms with Crippen LogP contribution in [-0.4, -0.2) is 7.05 Å². The summed E-state index contributed by atoms with van der Waals surface area (Å²) in [6.45, 7) is 0.476. The lowest BCUT2D eigenvalue weighted by atomic mass is 10.2. The predicted octanol–water partition coefficient (Wildman–Crippen LogP) is 3.84. The number of halogens is 3. The van der Waals surface area contributed by atoms with Crippen LogP contribution >= 0.6 is 11.6 Å². The molecule has 2 N–H and O–H groups in total. The van der Waals surface area contributed by atoms with E-state index in [1.54, 1.807) is 24.1 Å². The molecule has 5 heteroatoms. The van der Waals surface area contributed by atoms with Crippen molar-refractivity contribution in [1.29, 1.82) is 0 Å². The van der Waals surface area contributed by atoms with Gasteiger partial charge in [-0.3, -0.25) is 0 Å². The molecule has 0 heterocycles. The third-order valence-electron chi connectivity index (χ3n) is 2.82. The van der Waals surface area contributed by atoms with Gasteiger partial charge < -0.3 is 10.6 Å². The topological polar surface area (TPSA) is 29.3 Å². The average molecular weight is 283 g/mol. The second-order valence-corrected chi connectivity index (χ2v) is 4.74. The van der Waals surface area contributed by atoms with Crippen molar-refractivity contribution in [2.45, 2.75) is 6.54 Å². The number of benzene rings is 2. The molecule has 2 nitrogen and oxygen atoms in total. The third kappa shape index (κ3) is 3.15. The van der Waals surface area contributed by atoms with E-state index in [-0.39, 0.29) is 5.69 Å². The SMILES string of the molecule is CN(Cc1ccc(Cl)cc1)c1cc(F)cc(F)c1N. The second-order valence-electron chi connectivity index (χ2n) is 4.30. The van der Waals surface area contributed by atoms with Crippen molar-refractivity contribution >= 4 is 23.0 Å². The van der Waals surface area contributed by atoms with Crippen LogP contribution < -0.4 is 10.6 Å². The van der Waals surface area contributed by atoms with Gasteiger partial charge in [0.15, 0.2) is 5.82 Å². The zero-order valence-electron chi connectivity index (χ0n) is 10.3. The molecular weight excluding hydrogens is 270 g/mol. The first kappa shape index (κ1) is 13.6. The molecule has 0 unspecified atom stereocenters. The zero-order chi connectivity index (χ0) is 14.0. The molecule has 0 aliphatic heterocycles. The highest BCUT2D eigenvalue weighted by molar-refractivity contribution is 6.30. The second kappa shape index (κ2) is 5.45. The van der Waals surface area contributed by atoms with E-state index in [1.165, 1.54) is 6.07 Å². The fourth-order valence-corrected chi connectivity index (χ4v) is 1.96. The lowest BCUT2D eigenvalue weighted by molar-refractivity contribution is 0.585. The van der Waals surface area contributed by atoms with Crippen LogP contribution in [0, 0.1) is 11.6 Å². The number of hydrogen-bond donors (Lipinski definition) is 1. The molecule has 2 rings (SSSR count). The summed E-state index contributed by atoms with van der Waals surface area (Å²) in [4.78, 5) is 1.69. The van der Waals surface area contributed by atoms with Crippen molar-refractivity contribution in [3.63, 3.8) is 0 Å². The smallest absolute Gasteiger partial charge is 0.151 e. The maximum Gasteiger partial charge on any atom is 0.151 e. The lowest BCUT2D eigenvalue weighted by Crippen LogP contribution is -2.18. The van der Waals surface area contributed by atoms with Crippen LogP contribution in [0.5, 0.6) is 0 Å². The number of nitrogen functional groups attached to an aromatic ring is 1. The number of nitrogens with two attached hydrogens (primary N) is 1. The fraction of sp³-hybridized carbons (Fsp3) is 0.143. The van der Waals surface area contributed by atoms with Crippen LogP contribution in [0.25, 0.3) is 0 Å². The van der Waals surface area contributed by atoms with Crippen molar-refractivity contribution in [3.8, 4) is 0 Å². The molecule has 0 radical (unpaired) electrons. The van der Waals surface area contributed by atoms with E-state index in [0.29, 0.717) is 17.3 Å². The van der Waals surface area contributed by atoms with Crippen LogP contribution in [0.3, 0.4) is 0 Å². The van der Waals surface area contributed by atoms with Crippen LogP contribution in [0.4, 0.5) is 20.2 Å². The first-order chi connectivity index (χ1) is 8.97. The van der Waals surface area contributed by atoms with Crippen molar-refractivity contribution in [3.05, 3.63) is 58.6 Å². The standard InChI is InChI=1S/C14H13ClF2N2/c1-19(8-9-2-4-10(15)5-3-9)13-7-11(16)6-12(17)14(13)18/h2-7H,8,18H2,1H3. The summed E-state index contributed by atoms with van der Waals surface area (Å²) >= 11 is 5.80. The third-order valence-corrected chi connectivity index (χ3v) is 3.07. The highest BCUT2D eigenvalue weighted by Crippen LogP contribution is 2.27. The van der Waals surface area contributed by atoms with Gasteiger partial charge in [0.05, 0.1) is 11.4 Å². The van der Waals surface area contributed by atoms with Gasteiger partial charge in [-0.1, -0.05) is 23.7 Å². The first-order valence-electron chi connectivity index (χ1n) is 5.67. The van der Waals surface area contributed by atoms with Crippen LogP contribution in [0.2, 0.25) is 5.02 Å². The Morgan fingerprint density at radius 2 is 1.79 bits per heavy atom. The average Bonchev–Trinajstić information content (AvgIpc) is 2.36. The molecule has 0 aliphatic carbocycles. The molecule has 0 saturated heterocycles. The van der Waals surface area contributed by atoms with Gasteiger partial charge in [0.2, 0.25) is 0 Å². The van der Waals surface area contributed by atoms with Gasteiger partial charge in [0, 0.05) is 24.7 Å². The van der Waals surface area contributed by atoms with E-state index >= 15 is 0 Å². The molecule has 19 heavy (non-hydrogen) atoms. The molecule has 2 aromatic carbocycles. The minimum absolute atomic E-state index is 0.0575. The molecule has 0 spiro atoms. The molecule has 0 fully saturated rings. The maximum atomic E-state index is 13.4. The Hall–Kier alpha value is -1.81. The van der Waals surface area contributed by atoms with Gasteiger partial charge in [-0.2, -0.15) is 0 Å². The van der Waals surface area contributed by atoms with E-state index < -0.39 is 11.6 Å². The van der Waals surface area contributed by atoms with Gasteiger partial charge in [0.25, 0.3) is 0 Å². The van der Waals surface area contributed by atoms with Gasteiger partial charge in [-0.25, -0.2) is 8.78 Å². The Bertz CT molecular complexity index is 585. The molecular formula is C14H13ClF2N2. The van der Waals surface area contributed by atoms with E-state index in [1.807, 2.05) is 12.1 Å². The number of rotatable bonds is 3. The van der Waals surface area contributed by atoms with Gasteiger partial charge in [-0.05, 0) is 23.8 Å². The molecule has 100 valence electrons. The lowest BCUT2D eigenvalue weighted by Gasteiger charge is -2.21. The van der Waals surface area contributed by atoms with Crippen LogP contribution in [0.1, 0.15) is 5.56 Å². The van der Waals surface area contributed by atoms with E-state index in [2.05, 4.69) is 0 Å². The Morgan fingerprint density at radius 1 is 1.16 bits per heavy atom. The van der Waals surface area contributed by atoms with E-state index in [4.69, 9.17) is 17.3 Å². The summed E-state index contributed by atoms with van der Waals surface area (Å²) in [5.74, 6) is -1.40. The Kier molecular flexibility index (Phi) is 3.90. The van der Waals surface area contributed by atoms with Crippen molar-refractivity contribution in [1.82, 2.24) is 0 Å². The molecule has 0 aromatic heterocycles. The summed E-state index contributed by atoms with van der Waals surface area (Å²) in [5, 5.41) is 0.641. The zero-order valence-corrected chi connectivity index (χ0v) is 11.1. The molecule has 0 saturated carbocycles. The number of nitrogens with zero attached hydrogens (tertiary/aromatic N) is 1. The Balaban J connectivity index is 2.24. The number of hydrogen-bond acceptors (Lipinski definition) is 2. The molecule has 0 atom stereocenters. The van der Waals surface area contributed by atoms with Crippen molar-refractivity contribution < 1.29 is 8.78 Å². The highest BCUT2D eigenvalue weighted by Gasteiger charge is 2.12. The highest BCUT2D eigenvalue weighted by atomic mass is 35.5. The number of anilines is 2. The van der Waals surface area contributed by atoms with Gasteiger partial charge in [-0.15, -0.1) is 0 Å². The minimum Gasteiger partial charge on any atom is -0.395 e. The Morgan fingerprint density at radius 3 is 2.42 bits per heavy atom. The monoisotopic (exact) mass is 282 g/mol. The maximum absolute atomic E-state index is 13.4. The summed E-state index contributed by atoms with van der Waals surface area (Å²) in [5.41, 5.74) is 6.86. The van der Waals surface area contributed by atoms with E-state index in [9.17, 15) is 8.78 Å². The first-order valence-corrected chi connectivity index (χ1v) is 6.05. The molecule has 0 aliphatic rings. The Labute approximate surface area is 115 Å². The van der Waals surface area contributed by atoms with E-state index in [0.717, 1.165) is 11.6 Å². The fourth-order valence-electron chi connectivity index (χ4n) is 1.84. The summed E-state index contributed by atoms with van der Waals surface area (Å²) < 4.78 is 26.6. The van der Waals surface area contributed by atoms with Gasteiger partial charge >= 0.3 is 0 Å². The van der Waals surface area contributed by atoms with Gasteiger partial charge in [0.1, 0.15) is 5.82 Å². The van der Waals surface area contributed by atoms with Crippen molar-refractivity contribution in [2.75, 3.05) is 17.7 Å². The minimum atomic E-state index is -0.752. The quantitative estimate of drug-likeness (QED) is 0.867. The molecule has 2 aromatic rings. The predicted molar refractivity (Wildman–Crippen MR) is 74.3 cm³/mol. The largest absolute Gasteiger partial charge is 0.395 e. The van der Waals surface area contributed by atoms with Crippen LogP contribution in [-0.2, 0) is 6.54 Å². The van der Waals surface area contributed by atoms with Crippen molar-refractivity contribution in [2.24, 2.45) is 0 Å². The summed E-state index contributed by atoms with van der Waals surface area (Å²) in [6, 6.07) is 9.22. The van der Waals surface area contributed by atoms with Crippen LogP contribution in [0.15, 0.2) is 36.4 Å². The summed E-state index contributed by atoms with van der Waals surface area (Å²) in [7, 11) is 1.72. The summed E-state index contributed by atoms with van der Waals surface area (Å²) in [6.07, 6.45) is 0.